The second-order valence-corrected chi connectivity index (χ2v) is 7.73. The molecular formula is C22H21FN4O5. The highest BCUT2D eigenvalue weighted by Gasteiger charge is 2.51. The molecule has 4 N–H and O–H groups in total. The molecule has 2 aromatic carbocycles. The maximum Gasteiger partial charge on any atom is 0.279 e. The van der Waals surface area contributed by atoms with Crippen LogP contribution in [0.2, 0.25) is 0 Å². The Morgan fingerprint density at radius 2 is 1.91 bits per heavy atom. The second kappa shape index (κ2) is 8.04. The molecule has 32 heavy (non-hydrogen) atoms. The lowest BCUT2D eigenvalue weighted by Gasteiger charge is -2.37. The SMILES string of the molecule is CC(=O)Nc1cccc(CNc2cccc3c2CN(C2(O)CCC(=O)NC2=O)C3=O)c1F. The minimum absolute atomic E-state index is 0.0517. The van der Waals surface area contributed by atoms with Gasteiger partial charge in [-0.15, -0.1) is 0 Å². The largest absolute Gasteiger partial charge is 0.381 e. The Labute approximate surface area is 182 Å². The summed E-state index contributed by atoms with van der Waals surface area (Å²) in [6.45, 7) is 1.31. The summed E-state index contributed by atoms with van der Waals surface area (Å²) < 4.78 is 14.7. The lowest BCUT2D eigenvalue weighted by atomic mass is 10.00. The van der Waals surface area contributed by atoms with E-state index in [-0.39, 0.29) is 37.5 Å². The molecule has 0 aromatic heterocycles. The van der Waals surface area contributed by atoms with Crippen LogP contribution in [0.3, 0.4) is 0 Å². The third-order valence-corrected chi connectivity index (χ3v) is 5.59. The van der Waals surface area contributed by atoms with Crippen LogP contribution in [0, 0.1) is 5.82 Å². The summed E-state index contributed by atoms with van der Waals surface area (Å²) in [5, 5.41) is 18.5. The van der Waals surface area contributed by atoms with Gasteiger partial charge in [-0.2, -0.15) is 0 Å². The van der Waals surface area contributed by atoms with Crippen molar-refractivity contribution < 1.29 is 28.7 Å². The van der Waals surface area contributed by atoms with Crippen LogP contribution in [0.4, 0.5) is 15.8 Å². The topological polar surface area (TPSA) is 128 Å². The smallest absolute Gasteiger partial charge is 0.279 e. The van der Waals surface area contributed by atoms with Crippen LogP contribution < -0.4 is 16.0 Å². The van der Waals surface area contributed by atoms with Crippen molar-refractivity contribution in [3.05, 3.63) is 58.9 Å². The molecule has 1 atom stereocenters. The van der Waals surface area contributed by atoms with E-state index in [1.165, 1.54) is 13.0 Å². The van der Waals surface area contributed by atoms with Crippen LogP contribution in [0.25, 0.3) is 0 Å². The van der Waals surface area contributed by atoms with Crippen molar-refractivity contribution in [2.75, 3.05) is 10.6 Å². The number of nitrogens with one attached hydrogen (secondary N) is 3. The van der Waals surface area contributed by atoms with E-state index in [2.05, 4.69) is 16.0 Å². The van der Waals surface area contributed by atoms with Gasteiger partial charge in [0.05, 0.1) is 12.2 Å². The van der Waals surface area contributed by atoms with E-state index in [9.17, 15) is 28.7 Å². The second-order valence-electron chi connectivity index (χ2n) is 7.73. The highest BCUT2D eigenvalue weighted by atomic mass is 19.1. The molecule has 1 saturated heterocycles. The monoisotopic (exact) mass is 440 g/mol. The molecule has 0 aliphatic carbocycles. The third-order valence-electron chi connectivity index (χ3n) is 5.59. The van der Waals surface area contributed by atoms with Crippen molar-refractivity contribution in [1.29, 1.82) is 0 Å². The number of hydrogen-bond acceptors (Lipinski definition) is 6. The summed E-state index contributed by atoms with van der Waals surface area (Å²) in [4.78, 5) is 49.0. The molecular weight excluding hydrogens is 419 g/mol. The Morgan fingerprint density at radius 1 is 1.19 bits per heavy atom. The van der Waals surface area contributed by atoms with Gasteiger partial charge in [0.25, 0.3) is 11.8 Å². The van der Waals surface area contributed by atoms with Gasteiger partial charge in [-0.05, 0) is 18.2 Å². The van der Waals surface area contributed by atoms with Crippen molar-refractivity contribution in [2.24, 2.45) is 0 Å². The number of carbonyl (C=O) groups is 4. The molecule has 2 heterocycles. The zero-order chi connectivity index (χ0) is 23.0. The molecule has 4 rings (SSSR count). The number of carbonyl (C=O) groups excluding carboxylic acids is 4. The molecule has 2 aliphatic heterocycles. The van der Waals surface area contributed by atoms with E-state index in [4.69, 9.17) is 0 Å². The van der Waals surface area contributed by atoms with Crippen molar-refractivity contribution >= 4 is 35.0 Å². The molecule has 0 radical (unpaired) electrons. The number of piperidine rings is 1. The van der Waals surface area contributed by atoms with Gasteiger partial charge in [-0.25, -0.2) is 4.39 Å². The highest BCUT2D eigenvalue weighted by molar-refractivity contribution is 6.07. The van der Waals surface area contributed by atoms with Crippen molar-refractivity contribution in [2.45, 2.75) is 38.6 Å². The molecule has 10 heteroatoms. The van der Waals surface area contributed by atoms with Crippen LogP contribution in [0.15, 0.2) is 36.4 Å². The fourth-order valence-corrected chi connectivity index (χ4v) is 3.94. The van der Waals surface area contributed by atoms with Gasteiger partial charge in [0.2, 0.25) is 17.5 Å². The predicted molar refractivity (Wildman–Crippen MR) is 112 cm³/mol. The van der Waals surface area contributed by atoms with Crippen molar-refractivity contribution in [3.63, 3.8) is 0 Å². The van der Waals surface area contributed by atoms with Gasteiger partial charge in [0.15, 0.2) is 5.82 Å². The predicted octanol–water partition coefficient (Wildman–Crippen LogP) is 1.48. The summed E-state index contributed by atoms with van der Waals surface area (Å²) >= 11 is 0. The normalized spacial score (nSPS) is 20.1. The lowest BCUT2D eigenvalue weighted by Crippen LogP contribution is -2.63. The lowest BCUT2D eigenvalue weighted by molar-refractivity contribution is -0.167. The van der Waals surface area contributed by atoms with Gasteiger partial charge in [-0.1, -0.05) is 18.2 Å². The number of fused-ring (bicyclic) bond motifs is 1. The van der Waals surface area contributed by atoms with E-state index in [1.54, 1.807) is 30.3 Å². The molecule has 166 valence electrons. The van der Waals surface area contributed by atoms with Crippen molar-refractivity contribution in [3.8, 4) is 0 Å². The van der Waals surface area contributed by atoms with Gasteiger partial charge in [0.1, 0.15) is 0 Å². The van der Waals surface area contributed by atoms with Crippen molar-refractivity contribution in [1.82, 2.24) is 10.2 Å². The highest BCUT2D eigenvalue weighted by Crippen LogP contribution is 2.36. The van der Waals surface area contributed by atoms with E-state index >= 15 is 0 Å². The number of imide groups is 1. The standard InChI is InChI=1S/C22H21FN4O5/c1-12(28)25-17-7-2-4-13(19(17)23)10-24-16-6-3-5-14-15(16)11-27(20(14)30)22(32)9-8-18(29)26-21(22)31/h2-7,24,32H,8-11H2,1H3,(H,25,28)(H,26,29,31). The molecule has 1 fully saturated rings. The van der Waals surface area contributed by atoms with Crippen LogP contribution in [-0.4, -0.2) is 39.4 Å². The summed E-state index contributed by atoms with van der Waals surface area (Å²) in [7, 11) is 0. The summed E-state index contributed by atoms with van der Waals surface area (Å²) in [6, 6.07) is 9.57. The zero-order valence-corrected chi connectivity index (χ0v) is 17.2. The zero-order valence-electron chi connectivity index (χ0n) is 17.2. The molecule has 1 unspecified atom stereocenters. The molecule has 2 aliphatic rings. The van der Waals surface area contributed by atoms with Crippen LogP contribution in [0.5, 0.6) is 0 Å². The first-order chi connectivity index (χ1) is 15.2. The molecule has 4 amide bonds. The number of aliphatic hydroxyl groups is 1. The number of rotatable bonds is 5. The average molecular weight is 440 g/mol. The molecule has 0 bridgehead atoms. The quantitative estimate of drug-likeness (QED) is 0.522. The first-order valence-corrected chi connectivity index (χ1v) is 10.00. The number of amides is 4. The number of anilines is 2. The van der Waals surface area contributed by atoms with Gasteiger partial charge in [0, 0.05) is 48.7 Å². The maximum absolute atomic E-state index is 14.7. The van der Waals surface area contributed by atoms with Gasteiger partial charge in [-0.3, -0.25) is 29.4 Å². The van der Waals surface area contributed by atoms with Gasteiger partial charge >= 0.3 is 0 Å². The Hall–Kier alpha value is -3.79. The van der Waals surface area contributed by atoms with E-state index in [0.717, 1.165) is 4.90 Å². The maximum atomic E-state index is 14.7. The number of halogens is 1. The number of nitrogens with zero attached hydrogens (tertiary/aromatic N) is 1. The summed E-state index contributed by atoms with van der Waals surface area (Å²) in [5.41, 5.74) is -0.358. The van der Waals surface area contributed by atoms with E-state index in [1.807, 2.05) is 0 Å². The fraction of sp³-hybridized carbons (Fsp3) is 0.273. The Kier molecular flexibility index (Phi) is 5.39. The van der Waals surface area contributed by atoms with E-state index in [0.29, 0.717) is 22.4 Å². The number of hydrogen-bond donors (Lipinski definition) is 4. The first-order valence-electron chi connectivity index (χ1n) is 10.00. The fourth-order valence-electron chi connectivity index (χ4n) is 3.94. The van der Waals surface area contributed by atoms with Crippen LogP contribution in [0.1, 0.15) is 41.3 Å². The summed E-state index contributed by atoms with van der Waals surface area (Å²) in [5.74, 6) is -2.93. The van der Waals surface area contributed by atoms with Crippen LogP contribution in [-0.2, 0) is 27.5 Å². The Bertz CT molecular complexity index is 1150. The minimum Gasteiger partial charge on any atom is -0.381 e. The number of benzene rings is 2. The molecule has 0 saturated carbocycles. The summed E-state index contributed by atoms with van der Waals surface area (Å²) in [6.07, 6.45) is -0.279. The Balaban J connectivity index is 1.56. The molecule has 2 aromatic rings. The average Bonchev–Trinajstić information content (AvgIpc) is 3.09. The third kappa shape index (κ3) is 3.69. The molecule has 0 spiro atoms. The van der Waals surface area contributed by atoms with E-state index < -0.39 is 29.3 Å². The first kappa shape index (κ1) is 21.4. The van der Waals surface area contributed by atoms with Gasteiger partial charge < -0.3 is 15.7 Å². The minimum atomic E-state index is -2.12. The molecule has 9 nitrogen and oxygen atoms in total. The Morgan fingerprint density at radius 3 is 2.62 bits per heavy atom. The van der Waals surface area contributed by atoms with Crippen LogP contribution >= 0.6 is 0 Å².